The van der Waals surface area contributed by atoms with E-state index in [0.717, 1.165) is 12.8 Å². The van der Waals surface area contributed by atoms with Gasteiger partial charge in [-0.15, -0.1) is 0 Å². The highest BCUT2D eigenvalue weighted by molar-refractivity contribution is 5.85. The van der Waals surface area contributed by atoms with E-state index in [1.54, 1.807) is 0 Å². The molecule has 6 heteroatoms. The first-order valence-corrected chi connectivity index (χ1v) is 5.51. The molecule has 1 saturated heterocycles. The summed E-state index contributed by atoms with van der Waals surface area (Å²) in [5.74, 6) is -1.29. The second-order valence-corrected chi connectivity index (χ2v) is 4.44. The summed E-state index contributed by atoms with van der Waals surface area (Å²) in [4.78, 5) is 23.9. The topological polar surface area (TPSA) is 89.9 Å². The van der Waals surface area contributed by atoms with Crippen molar-refractivity contribution in [1.29, 1.82) is 0 Å². The largest absolute Gasteiger partial charge is 0.480 e. The van der Waals surface area contributed by atoms with E-state index in [1.165, 1.54) is 4.90 Å². The number of carbonyl (C=O) groups is 2. The van der Waals surface area contributed by atoms with Crippen molar-refractivity contribution in [2.45, 2.75) is 37.5 Å². The van der Waals surface area contributed by atoms with E-state index in [4.69, 9.17) is 5.11 Å². The molecule has 90 valence electrons. The molecule has 2 rings (SSSR count). The summed E-state index contributed by atoms with van der Waals surface area (Å²) in [6, 6.07) is -0.455. The number of aliphatic hydroxyl groups is 1. The number of amides is 1. The predicted molar refractivity (Wildman–Crippen MR) is 54.8 cm³/mol. The smallest absolute Gasteiger partial charge is 0.326 e. The lowest BCUT2D eigenvalue weighted by molar-refractivity contribution is -0.147. The molecule has 0 aromatic carbocycles. The lowest BCUT2D eigenvalue weighted by atomic mass is 10.2. The van der Waals surface area contributed by atoms with Gasteiger partial charge in [-0.05, 0) is 12.8 Å². The first-order chi connectivity index (χ1) is 7.58. The maximum Gasteiger partial charge on any atom is 0.326 e. The van der Waals surface area contributed by atoms with E-state index in [2.05, 4.69) is 5.32 Å². The molecule has 2 aliphatic rings. The third-order valence-electron chi connectivity index (χ3n) is 3.00. The highest BCUT2D eigenvalue weighted by Crippen LogP contribution is 2.20. The second-order valence-electron chi connectivity index (χ2n) is 4.44. The van der Waals surface area contributed by atoms with Gasteiger partial charge in [-0.2, -0.15) is 0 Å². The van der Waals surface area contributed by atoms with Crippen molar-refractivity contribution in [2.75, 3.05) is 13.1 Å². The molecule has 1 aliphatic heterocycles. The molecule has 1 saturated carbocycles. The molecule has 0 aromatic rings. The average Bonchev–Trinajstić information content (AvgIpc) is 2.96. The number of rotatable bonds is 4. The molecule has 0 spiro atoms. The number of hydrogen-bond acceptors (Lipinski definition) is 4. The van der Waals surface area contributed by atoms with Crippen LogP contribution in [-0.2, 0) is 9.59 Å². The van der Waals surface area contributed by atoms with Gasteiger partial charge in [0.2, 0.25) is 5.91 Å². The first kappa shape index (κ1) is 11.3. The van der Waals surface area contributed by atoms with Gasteiger partial charge in [0.25, 0.3) is 0 Å². The molecule has 6 nitrogen and oxygen atoms in total. The molecular weight excluding hydrogens is 212 g/mol. The van der Waals surface area contributed by atoms with Gasteiger partial charge in [-0.25, -0.2) is 4.79 Å². The summed E-state index contributed by atoms with van der Waals surface area (Å²) >= 11 is 0. The molecular formula is C10H16N2O4. The van der Waals surface area contributed by atoms with Crippen LogP contribution in [0.4, 0.5) is 0 Å². The molecule has 0 bridgehead atoms. The van der Waals surface area contributed by atoms with Gasteiger partial charge in [0.1, 0.15) is 6.04 Å². The fourth-order valence-corrected chi connectivity index (χ4v) is 1.94. The standard InChI is InChI=1S/C10H16N2O4/c13-7-3-8(10(15)16)12(5-7)9(14)4-11-6-1-2-6/h6-8,11,13H,1-5H2,(H,15,16)/t7-,8+/m1/s1. The SMILES string of the molecule is O=C(O)[C@@H]1C[C@@H](O)CN1C(=O)CNC1CC1. The van der Waals surface area contributed by atoms with Crippen LogP contribution in [0.3, 0.4) is 0 Å². The Labute approximate surface area is 93.2 Å². The number of aliphatic carboxylic acids is 1. The number of nitrogens with one attached hydrogen (secondary N) is 1. The molecule has 1 heterocycles. The Hall–Kier alpha value is -1.14. The van der Waals surface area contributed by atoms with Crippen molar-refractivity contribution in [2.24, 2.45) is 0 Å². The lowest BCUT2D eigenvalue weighted by Gasteiger charge is -2.21. The molecule has 3 N–H and O–H groups in total. The lowest BCUT2D eigenvalue weighted by Crippen LogP contribution is -2.45. The summed E-state index contributed by atoms with van der Waals surface area (Å²) in [5.41, 5.74) is 0. The van der Waals surface area contributed by atoms with Gasteiger partial charge in [0.15, 0.2) is 0 Å². The summed E-state index contributed by atoms with van der Waals surface area (Å²) in [7, 11) is 0. The maximum absolute atomic E-state index is 11.7. The van der Waals surface area contributed by atoms with Crippen LogP contribution in [0.5, 0.6) is 0 Å². The van der Waals surface area contributed by atoms with Crippen LogP contribution in [0.1, 0.15) is 19.3 Å². The molecule has 2 fully saturated rings. The normalized spacial score (nSPS) is 29.4. The fourth-order valence-electron chi connectivity index (χ4n) is 1.94. The summed E-state index contributed by atoms with van der Waals surface area (Å²) in [6.45, 7) is 0.295. The Morgan fingerprint density at radius 2 is 2.06 bits per heavy atom. The number of aliphatic hydroxyl groups excluding tert-OH is 1. The molecule has 2 atom stereocenters. The Morgan fingerprint density at radius 3 is 2.62 bits per heavy atom. The van der Waals surface area contributed by atoms with Gasteiger partial charge in [0, 0.05) is 19.0 Å². The summed E-state index contributed by atoms with van der Waals surface area (Å²) < 4.78 is 0. The zero-order chi connectivity index (χ0) is 11.7. The van der Waals surface area contributed by atoms with Gasteiger partial charge >= 0.3 is 5.97 Å². The predicted octanol–water partition coefficient (Wildman–Crippen LogP) is -1.22. The molecule has 0 unspecified atom stereocenters. The molecule has 0 radical (unpaired) electrons. The Balaban J connectivity index is 1.89. The Morgan fingerprint density at radius 1 is 1.38 bits per heavy atom. The van der Waals surface area contributed by atoms with Crippen LogP contribution in [0.25, 0.3) is 0 Å². The van der Waals surface area contributed by atoms with E-state index in [9.17, 15) is 14.7 Å². The van der Waals surface area contributed by atoms with E-state index >= 15 is 0 Å². The van der Waals surface area contributed by atoms with Crippen LogP contribution in [-0.4, -0.2) is 58.3 Å². The van der Waals surface area contributed by atoms with Crippen LogP contribution in [0.15, 0.2) is 0 Å². The average molecular weight is 228 g/mol. The first-order valence-electron chi connectivity index (χ1n) is 5.51. The number of nitrogens with zero attached hydrogens (tertiary/aromatic N) is 1. The van der Waals surface area contributed by atoms with Crippen LogP contribution in [0, 0.1) is 0 Å². The molecule has 1 aliphatic carbocycles. The number of carbonyl (C=O) groups excluding carboxylic acids is 1. The monoisotopic (exact) mass is 228 g/mol. The quantitative estimate of drug-likeness (QED) is 0.561. The molecule has 0 aromatic heterocycles. The minimum absolute atomic E-state index is 0.127. The van der Waals surface area contributed by atoms with Crippen molar-refractivity contribution >= 4 is 11.9 Å². The minimum atomic E-state index is -1.05. The fraction of sp³-hybridized carbons (Fsp3) is 0.800. The van der Waals surface area contributed by atoms with Crippen molar-refractivity contribution in [3.63, 3.8) is 0 Å². The second kappa shape index (κ2) is 4.39. The van der Waals surface area contributed by atoms with E-state index in [1.807, 2.05) is 0 Å². The minimum Gasteiger partial charge on any atom is -0.480 e. The number of likely N-dealkylation sites (tertiary alicyclic amines) is 1. The maximum atomic E-state index is 11.7. The van der Waals surface area contributed by atoms with E-state index in [0.29, 0.717) is 6.04 Å². The van der Waals surface area contributed by atoms with E-state index in [-0.39, 0.29) is 25.4 Å². The number of carboxylic acid groups (broad SMARTS) is 1. The van der Waals surface area contributed by atoms with Crippen LogP contribution >= 0.6 is 0 Å². The van der Waals surface area contributed by atoms with Gasteiger partial charge in [-0.3, -0.25) is 4.79 Å². The van der Waals surface area contributed by atoms with Crippen molar-refractivity contribution < 1.29 is 19.8 Å². The van der Waals surface area contributed by atoms with E-state index < -0.39 is 18.1 Å². The zero-order valence-corrected chi connectivity index (χ0v) is 8.93. The summed E-state index contributed by atoms with van der Waals surface area (Å²) in [6.07, 6.45) is 1.58. The van der Waals surface area contributed by atoms with Gasteiger partial charge in [-0.1, -0.05) is 0 Å². The van der Waals surface area contributed by atoms with Gasteiger partial charge in [0.05, 0.1) is 12.6 Å². The third kappa shape index (κ3) is 2.51. The number of β-amino-alcohol motifs (C(OH)–C–C–N with tert-alkyl or cyclic N) is 1. The molecule has 16 heavy (non-hydrogen) atoms. The zero-order valence-electron chi connectivity index (χ0n) is 8.93. The number of carboxylic acids is 1. The van der Waals surface area contributed by atoms with Gasteiger partial charge < -0.3 is 20.4 Å². The number of hydrogen-bond donors (Lipinski definition) is 3. The van der Waals surface area contributed by atoms with Crippen LogP contribution in [0.2, 0.25) is 0 Å². The van der Waals surface area contributed by atoms with Crippen molar-refractivity contribution in [3.8, 4) is 0 Å². The van der Waals surface area contributed by atoms with Crippen molar-refractivity contribution in [1.82, 2.24) is 10.2 Å². The third-order valence-corrected chi connectivity index (χ3v) is 3.00. The van der Waals surface area contributed by atoms with Crippen molar-refractivity contribution in [3.05, 3.63) is 0 Å². The highest BCUT2D eigenvalue weighted by atomic mass is 16.4. The molecule has 1 amide bonds. The Kier molecular flexibility index (Phi) is 3.11. The highest BCUT2D eigenvalue weighted by Gasteiger charge is 2.38. The summed E-state index contributed by atoms with van der Waals surface area (Å²) in [5, 5.41) is 21.3. The van der Waals surface area contributed by atoms with Crippen LogP contribution < -0.4 is 5.32 Å². The Bertz CT molecular complexity index is 303.